The van der Waals surface area contributed by atoms with Crippen molar-refractivity contribution in [1.82, 2.24) is 8.61 Å². The largest absolute Gasteiger partial charge is 0.325 e. The van der Waals surface area contributed by atoms with Crippen LogP contribution in [-0.2, 0) is 10.2 Å². The van der Waals surface area contributed by atoms with Crippen LogP contribution in [0.2, 0.25) is 0 Å². The predicted molar refractivity (Wildman–Crippen MR) is 58.4 cm³/mol. The SMILES string of the molecule is CC1CCCN(S(=O)(=O)N2CC(N)C2)C1. The van der Waals surface area contributed by atoms with Crippen LogP contribution >= 0.6 is 0 Å². The molecule has 0 aromatic heterocycles. The molecule has 88 valence electrons. The van der Waals surface area contributed by atoms with E-state index < -0.39 is 10.2 Å². The minimum atomic E-state index is -3.20. The standard InChI is InChI=1S/C9H19N3O2S/c1-8-3-2-4-11(5-8)15(13,14)12-6-9(10)7-12/h8-9H,2-7,10H2,1H3. The van der Waals surface area contributed by atoms with Gasteiger partial charge in [-0.3, -0.25) is 0 Å². The summed E-state index contributed by atoms with van der Waals surface area (Å²) >= 11 is 0. The maximum Gasteiger partial charge on any atom is 0.282 e. The second kappa shape index (κ2) is 4.01. The van der Waals surface area contributed by atoms with E-state index in [0.29, 0.717) is 32.1 Å². The van der Waals surface area contributed by atoms with Gasteiger partial charge in [0.1, 0.15) is 0 Å². The van der Waals surface area contributed by atoms with Gasteiger partial charge in [0, 0.05) is 32.2 Å². The first-order valence-corrected chi connectivity index (χ1v) is 6.90. The summed E-state index contributed by atoms with van der Waals surface area (Å²) in [6.45, 7) is 4.39. The molecule has 0 amide bonds. The third kappa shape index (κ3) is 2.18. The summed E-state index contributed by atoms with van der Waals surface area (Å²) < 4.78 is 27.2. The molecule has 2 saturated heterocycles. The lowest BCUT2D eigenvalue weighted by molar-refractivity contribution is 0.215. The molecule has 6 heteroatoms. The fourth-order valence-corrected chi connectivity index (χ4v) is 4.07. The zero-order chi connectivity index (χ0) is 11.1. The van der Waals surface area contributed by atoms with Gasteiger partial charge in [0.05, 0.1) is 0 Å². The summed E-state index contributed by atoms with van der Waals surface area (Å²) in [6, 6.07) is 0.0296. The maximum atomic E-state index is 12.1. The van der Waals surface area contributed by atoms with Crippen LogP contribution in [0.5, 0.6) is 0 Å². The lowest BCUT2D eigenvalue weighted by Gasteiger charge is -2.40. The zero-order valence-electron chi connectivity index (χ0n) is 9.09. The highest BCUT2D eigenvalue weighted by Gasteiger charge is 2.38. The summed E-state index contributed by atoms with van der Waals surface area (Å²) in [7, 11) is -3.20. The van der Waals surface area contributed by atoms with Gasteiger partial charge in [-0.15, -0.1) is 0 Å². The highest BCUT2D eigenvalue weighted by molar-refractivity contribution is 7.86. The Balaban J connectivity index is 2.02. The first kappa shape index (κ1) is 11.3. The fourth-order valence-electron chi connectivity index (χ4n) is 2.18. The molecule has 2 heterocycles. The number of piperidine rings is 1. The van der Waals surface area contributed by atoms with Gasteiger partial charge >= 0.3 is 0 Å². The monoisotopic (exact) mass is 233 g/mol. The molecule has 0 aliphatic carbocycles. The molecule has 2 aliphatic heterocycles. The van der Waals surface area contributed by atoms with Crippen LogP contribution in [0.3, 0.4) is 0 Å². The second-order valence-corrected chi connectivity index (χ2v) is 6.62. The van der Waals surface area contributed by atoms with Crippen LogP contribution in [0, 0.1) is 5.92 Å². The molecule has 0 saturated carbocycles. The second-order valence-electron chi connectivity index (χ2n) is 4.69. The Bertz CT molecular complexity index is 324. The smallest absolute Gasteiger partial charge is 0.282 e. The number of nitrogens with two attached hydrogens (primary N) is 1. The predicted octanol–water partition coefficient (Wildman–Crippen LogP) is -0.394. The van der Waals surface area contributed by atoms with E-state index in [4.69, 9.17) is 5.73 Å². The fraction of sp³-hybridized carbons (Fsp3) is 1.00. The van der Waals surface area contributed by atoms with Gasteiger partial charge in [-0.25, -0.2) is 0 Å². The number of nitrogens with zero attached hydrogens (tertiary/aromatic N) is 2. The van der Waals surface area contributed by atoms with Gasteiger partial charge in [0.25, 0.3) is 10.2 Å². The van der Waals surface area contributed by atoms with Gasteiger partial charge in [-0.1, -0.05) is 6.92 Å². The van der Waals surface area contributed by atoms with E-state index >= 15 is 0 Å². The molecule has 2 rings (SSSR count). The molecule has 1 atom stereocenters. The minimum absolute atomic E-state index is 0.0296. The molecule has 0 bridgehead atoms. The van der Waals surface area contributed by atoms with Gasteiger partial charge < -0.3 is 5.73 Å². The van der Waals surface area contributed by atoms with E-state index in [1.165, 1.54) is 4.31 Å². The van der Waals surface area contributed by atoms with Crippen LogP contribution in [-0.4, -0.2) is 49.2 Å². The van der Waals surface area contributed by atoms with E-state index in [2.05, 4.69) is 6.92 Å². The van der Waals surface area contributed by atoms with Crippen molar-refractivity contribution in [2.45, 2.75) is 25.8 Å². The average Bonchev–Trinajstić information content (AvgIpc) is 2.13. The van der Waals surface area contributed by atoms with Crippen molar-refractivity contribution >= 4 is 10.2 Å². The molecule has 2 aliphatic rings. The molecule has 0 radical (unpaired) electrons. The topological polar surface area (TPSA) is 66.6 Å². The first-order valence-electron chi connectivity index (χ1n) is 5.51. The quantitative estimate of drug-likeness (QED) is 0.706. The van der Waals surface area contributed by atoms with E-state index in [0.717, 1.165) is 12.8 Å². The van der Waals surface area contributed by atoms with Gasteiger partial charge in [-0.2, -0.15) is 17.0 Å². The van der Waals surface area contributed by atoms with Crippen LogP contribution < -0.4 is 5.73 Å². The van der Waals surface area contributed by atoms with E-state index in [9.17, 15) is 8.42 Å². The summed E-state index contributed by atoms with van der Waals surface area (Å²) in [5.41, 5.74) is 5.60. The Morgan fingerprint density at radius 1 is 1.20 bits per heavy atom. The van der Waals surface area contributed by atoms with Crippen molar-refractivity contribution in [2.24, 2.45) is 11.7 Å². The molecule has 2 fully saturated rings. The Kier molecular flexibility index (Phi) is 3.03. The molecule has 2 N–H and O–H groups in total. The molecule has 5 nitrogen and oxygen atoms in total. The molecular weight excluding hydrogens is 214 g/mol. The highest BCUT2D eigenvalue weighted by atomic mass is 32.2. The third-order valence-electron chi connectivity index (χ3n) is 3.15. The summed E-state index contributed by atoms with van der Waals surface area (Å²) in [5, 5.41) is 0. The zero-order valence-corrected chi connectivity index (χ0v) is 9.91. The Morgan fingerprint density at radius 2 is 1.87 bits per heavy atom. The lowest BCUT2D eigenvalue weighted by atomic mass is 10.0. The lowest BCUT2D eigenvalue weighted by Crippen LogP contribution is -2.61. The maximum absolute atomic E-state index is 12.1. The molecule has 0 aromatic rings. The van der Waals surface area contributed by atoms with Gasteiger partial charge in [0.15, 0.2) is 0 Å². The van der Waals surface area contributed by atoms with E-state index in [1.54, 1.807) is 4.31 Å². The molecule has 0 aromatic carbocycles. The Hall–Kier alpha value is -0.170. The van der Waals surface area contributed by atoms with Crippen molar-refractivity contribution in [3.63, 3.8) is 0 Å². The molecular formula is C9H19N3O2S. The normalized spacial score (nSPS) is 31.5. The Morgan fingerprint density at radius 3 is 2.40 bits per heavy atom. The van der Waals surface area contributed by atoms with Crippen molar-refractivity contribution < 1.29 is 8.42 Å². The van der Waals surface area contributed by atoms with E-state index in [-0.39, 0.29) is 6.04 Å². The van der Waals surface area contributed by atoms with Gasteiger partial charge in [-0.05, 0) is 18.8 Å². The van der Waals surface area contributed by atoms with Crippen molar-refractivity contribution in [2.75, 3.05) is 26.2 Å². The number of hydrogen-bond acceptors (Lipinski definition) is 3. The van der Waals surface area contributed by atoms with Crippen LogP contribution in [0.25, 0.3) is 0 Å². The van der Waals surface area contributed by atoms with Crippen molar-refractivity contribution in [1.29, 1.82) is 0 Å². The molecule has 1 unspecified atom stereocenters. The number of rotatable bonds is 2. The third-order valence-corrected chi connectivity index (χ3v) is 5.08. The van der Waals surface area contributed by atoms with Crippen molar-refractivity contribution in [3.8, 4) is 0 Å². The van der Waals surface area contributed by atoms with Crippen LogP contribution in [0.4, 0.5) is 0 Å². The summed E-state index contributed by atoms with van der Waals surface area (Å²) in [6.07, 6.45) is 2.10. The van der Waals surface area contributed by atoms with Crippen molar-refractivity contribution in [3.05, 3.63) is 0 Å². The first-order chi connectivity index (χ1) is 7.00. The highest BCUT2D eigenvalue weighted by Crippen LogP contribution is 2.22. The van der Waals surface area contributed by atoms with Crippen LogP contribution in [0.1, 0.15) is 19.8 Å². The summed E-state index contributed by atoms with van der Waals surface area (Å²) in [5.74, 6) is 0.475. The average molecular weight is 233 g/mol. The molecule has 15 heavy (non-hydrogen) atoms. The Labute approximate surface area is 91.4 Å². The molecule has 0 spiro atoms. The minimum Gasteiger partial charge on any atom is -0.325 e. The number of hydrogen-bond donors (Lipinski definition) is 1. The van der Waals surface area contributed by atoms with Crippen LogP contribution in [0.15, 0.2) is 0 Å². The van der Waals surface area contributed by atoms with E-state index in [1.807, 2.05) is 0 Å². The van der Waals surface area contributed by atoms with Gasteiger partial charge in [0.2, 0.25) is 0 Å². The summed E-state index contributed by atoms with van der Waals surface area (Å²) in [4.78, 5) is 0.